The molecule has 0 fully saturated rings. The minimum atomic E-state index is -3.97. The first kappa shape index (κ1) is 25.9. The number of hydrogen-bond acceptors (Lipinski definition) is 4. The zero-order chi connectivity index (χ0) is 24.7. The van der Waals surface area contributed by atoms with E-state index >= 15 is 0 Å². The Morgan fingerprint density at radius 1 is 1.00 bits per heavy atom. The van der Waals surface area contributed by atoms with Crippen LogP contribution in [0.25, 0.3) is 0 Å². The SMILES string of the molecule is CCCCCN(C)C(=O)c1cc(Cl)ccc1NS(=O)(=O)c1ccc(Oc2ccccc2Cl)cc1. The number of nitrogens with zero attached hydrogens (tertiary/aromatic N) is 1. The summed E-state index contributed by atoms with van der Waals surface area (Å²) < 4.78 is 34.3. The van der Waals surface area contributed by atoms with Gasteiger partial charge in [0, 0.05) is 18.6 Å². The molecule has 0 saturated heterocycles. The molecule has 1 N–H and O–H groups in total. The lowest BCUT2D eigenvalue weighted by Crippen LogP contribution is -2.29. The van der Waals surface area contributed by atoms with Crippen molar-refractivity contribution >= 4 is 44.8 Å². The Kier molecular flexibility index (Phi) is 8.83. The number of halogens is 2. The second-order valence-electron chi connectivity index (χ2n) is 7.73. The van der Waals surface area contributed by atoms with Crippen LogP contribution in [-0.4, -0.2) is 32.8 Å². The van der Waals surface area contributed by atoms with Crippen LogP contribution >= 0.6 is 23.2 Å². The molecule has 0 aliphatic heterocycles. The Hall–Kier alpha value is -2.74. The van der Waals surface area contributed by atoms with E-state index in [0.29, 0.717) is 28.1 Å². The van der Waals surface area contributed by atoms with Gasteiger partial charge in [-0.1, -0.05) is 55.1 Å². The van der Waals surface area contributed by atoms with Gasteiger partial charge in [0.15, 0.2) is 0 Å². The fraction of sp³-hybridized carbons (Fsp3) is 0.240. The number of rotatable bonds is 10. The van der Waals surface area contributed by atoms with Gasteiger partial charge in [-0.25, -0.2) is 8.42 Å². The van der Waals surface area contributed by atoms with Crippen molar-refractivity contribution in [3.63, 3.8) is 0 Å². The monoisotopic (exact) mass is 520 g/mol. The van der Waals surface area contributed by atoms with Gasteiger partial charge in [0.1, 0.15) is 11.5 Å². The van der Waals surface area contributed by atoms with Crippen LogP contribution < -0.4 is 9.46 Å². The number of carbonyl (C=O) groups excluding carboxylic acids is 1. The predicted molar refractivity (Wildman–Crippen MR) is 137 cm³/mol. The molecule has 6 nitrogen and oxygen atoms in total. The lowest BCUT2D eigenvalue weighted by Gasteiger charge is -2.20. The number of anilines is 1. The van der Waals surface area contributed by atoms with Crippen molar-refractivity contribution in [2.45, 2.75) is 31.1 Å². The number of amides is 1. The Morgan fingerprint density at radius 3 is 2.38 bits per heavy atom. The van der Waals surface area contributed by atoms with Crippen molar-refractivity contribution < 1.29 is 17.9 Å². The van der Waals surface area contributed by atoms with Gasteiger partial charge in [-0.2, -0.15) is 0 Å². The molecule has 0 spiro atoms. The highest BCUT2D eigenvalue weighted by Gasteiger charge is 2.21. The summed E-state index contributed by atoms with van der Waals surface area (Å²) in [6, 6.07) is 17.4. The molecular weight excluding hydrogens is 495 g/mol. The third kappa shape index (κ3) is 6.65. The van der Waals surface area contributed by atoms with Gasteiger partial charge >= 0.3 is 0 Å². The van der Waals surface area contributed by atoms with E-state index in [0.717, 1.165) is 19.3 Å². The molecule has 0 radical (unpaired) electrons. The molecule has 3 rings (SSSR count). The van der Waals surface area contributed by atoms with Crippen LogP contribution in [0.1, 0.15) is 36.5 Å². The molecule has 0 saturated carbocycles. The molecule has 180 valence electrons. The van der Waals surface area contributed by atoms with Crippen LogP contribution in [0.5, 0.6) is 11.5 Å². The van der Waals surface area contributed by atoms with Crippen LogP contribution in [0.2, 0.25) is 10.0 Å². The highest BCUT2D eigenvalue weighted by Crippen LogP contribution is 2.30. The van der Waals surface area contributed by atoms with Crippen LogP contribution in [0, 0.1) is 0 Å². The molecule has 0 atom stereocenters. The summed E-state index contributed by atoms with van der Waals surface area (Å²) in [5, 5.41) is 0.787. The van der Waals surface area contributed by atoms with E-state index in [-0.39, 0.29) is 22.1 Å². The van der Waals surface area contributed by atoms with Crippen molar-refractivity contribution in [1.29, 1.82) is 0 Å². The molecule has 0 aliphatic rings. The summed E-state index contributed by atoms with van der Waals surface area (Å²) in [6.45, 7) is 2.65. The molecule has 3 aromatic carbocycles. The summed E-state index contributed by atoms with van der Waals surface area (Å²) >= 11 is 12.2. The van der Waals surface area contributed by atoms with Crippen LogP contribution in [0.15, 0.2) is 71.6 Å². The number of para-hydroxylation sites is 1. The van der Waals surface area contributed by atoms with E-state index in [1.165, 1.54) is 42.5 Å². The third-order valence-electron chi connectivity index (χ3n) is 5.10. The normalized spacial score (nSPS) is 11.2. The Morgan fingerprint density at radius 2 is 1.71 bits per heavy atom. The van der Waals surface area contributed by atoms with Crippen LogP contribution in [-0.2, 0) is 10.0 Å². The Balaban J connectivity index is 1.79. The third-order valence-corrected chi connectivity index (χ3v) is 7.03. The van der Waals surface area contributed by atoms with Crippen molar-refractivity contribution in [3.8, 4) is 11.5 Å². The highest BCUT2D eigenvalue weighted by molar-refractivity contribution is 7.92. The van der Waals surface area contributed by atoms with E-state index in [1.54, 1.807) is 36.2 Å². The second kappa shape index (κ2) is 11.6. The van der Waals surface area contributed by atoms with Gasteiger partial charge in [0.2, 0.25) is 0 Å². The summed E-state index contributed by atoms with van der Waals surface area (Å²) in [5.41, 5.74) is 0.349. The molecule has 34 heavy (non-hydrogen) atoms. The zero-order valence-corrected chi connectivity index (χ0v) is 21.3. The number of sulfonamides is 1. The van der Waals surface area contributed by atoms with Crippen LogP contribution in [0.3, 0.4) is 0 Å². The molecule has 9 heteroatoms. The minimum Gasteiger partial charge on any atom is -0.456 e. The van der Waals surface area contributed by atoms with Gasteiger partial charge in [-0.3, -0.25) is 9.52 Å². The number of carbonyl (C=O) groups is 1. The molecule has 0 bridgehead atoms. The van der Waals surface area contributed by atoms with Crippen molar-refractivity contribution in [2.24, 2.45) is 0 Å². The van der Waals surface area contributed by atoms with Gasteiger partial charge in [0.25, 0.3) is 15.9 Å². The smallest absolute Gasteiger partial charge is 0.261 e. The van der Waals surface area contributed by atoms with E-state index in [1.807, 2.05) is 0 Å². The molecule has 3 aromatic rings. The molecule has 0 heterocycles. The second-order valence-corrected chi connectivity index (χ2v) is 10.3. The van der Waals surface area contributed by atoms with E-state index in [9.17, 15) is 13.2 Å². The summed E-state index contributed by atoms with van der Waals surface area (Å²) in [5.74, 6) is 0.591. The van der Waals surface area contributed by atoms with E-state index < -0.39 is 10.0 Å². The maximum atomic E-state index is 13.0. The fourth-order valence-corrected chi connectivity index (χ4v) is 4.66. The largest absolute Gasteiger partial charge is 0.456 e. The summed E-state index contributed by atoms with van der Waals surface area (Å²) in [4.78, 5) is 14.6. The molecule has 1 amide bonds. The Bertz CT molecular complexity index is 1250. The maximum Gasteiger partial charge on any atom is 0.261 e. The summed E-state index contributed by atoms with van der Waals surface area (Å²) in [7, 11) is -2.28. The number of ether oxygens (including phenoxy) is 1. The lowest BCUT2D eigenvalue weighted by atomic mass is 10.1. The van der Waals surface area contributed by atoms with Gasteiger partial charge in [-0.15, -0.1) is 0 Å². The van der Waals surface area contributed by atoms with Crippen molar-refractivity contribution in [3.05, 3.63) is 82.3 Å². The van der Waals surface area contributed by atoms with Gasteiger partial charge < -0.3 is 9.64 Å². The summed E-state index contributed by atoms with van der Waals surface area (Å²) in [6.07, 6.45) is 2.90. The minimum absolute atomic E-state index is 0.0173. The van der Waals surface area contributed by atoms with Crippen LogP contribution in [0.4, 0.5) is 5.69 Å². The van der Waals surface area contributed by atoms with E-state index in [2.05, 4.69) is 11.6 Å². The molecule has 0 aromatic heterocycles. The topological polar surface area (TPSA) is 75.7 Å². The van der Waals surface area contributed by atoms with Gasteiger partial charge in [0.05, 0.1) is 21.2 Å². The molecule has 0 unspecified atom stereocenters. The predicted octanol–water partition coefficient (Wildman–Crippen LogP) is 6.85. The first-order valence-electron chi connectivity index (χ1n) is 10.8. The average Bonchev–Trinajstić information content (AvgIpc) is 2.81. The van der Waals surface area contributed by atoms with E-state index in [4.69, 9.17) is 27.9 Å². The molecular formula is C25H26Cl2N2O4S. The number of hydrogen-bond donors (Lipinski definition) is 1. The van der Waals surface area contributed by atoms with Gasteiger partial charge in [-0.05, 0) is 61.0 Å². The van der Waals surface area contributed by atoms with Crippen molar-refractivity contribution in [2.75, 3.05) is 18.3 Å². The number of unbranched alkanes of at least 4 members (excludes halogenated alkanes) is 2. The lowest BCUT2D eigenvalue weighted by molar-refractivity contribution is 0.0793. The average molecular weight is 521 g/mol. The maximum absolute atomic E-state index is 13.0. The number of benzene rings is 3. The molecule has 0 aliphatic carbocycles. The quantitative estimate of drug-likeness (QED) is 0.296. The first-order valence-corrected chi connectivity index (χ1v) is 13.1. The Labute approximate surface area is 210 Å². The number of nitrogens with one attached hydrogen (secondary N) is 1. The standard InChI is InChI=1S/C25H26Cl2N2O4S/c1-3-4-7-16-29(2)25(30)21-17-18(26)10-15-23(21)28-34(31,32)20-13-11-19(12-14-20)33-24-9-6-5-8-22(24)27/h5-6,8-15,17,28H,3-4,7,16H2,1-2H3. The zero-order valence-electron chi connectivity index (χ0n) is 18.9. The fourth-order valence-electron chi connectivity index (χ4n) is 3.23. The van der Waals surface area contributed by atoms with Crippen molar-refractivity contribution in [1.82, 2.24) is 4.90 Å². The first-order chi connectivity index (χ1) is 16.2. The highest BCUT2D eigenvalue weighted by atomic mass is 35.5.